The Morgan fingerprint density at radius 1 is 1.40 bits per heavy atom. The minimum absolute atomic E-state index is 0.0368. The van der Waals surface area contributed by atoms with E-state index in [9.17, 15) is 0 Å². The summed E-state index contributed by atoms with van der Waals surface area (Å²) in [4.78, 5) is 4.51. The highest BCUT2D eigenvalue weighted by molar-refractivity contribution is 5.54. The molecule has 110 valence electrons. The lowest BCUT2D eigenvalue weighted by atomic mass is 9.92. The van der Waals surface area contributed by atoms with E-state index in [0.29, 0.717) is 17.5 Å². The Morgan fingerprint density at radius 3 is 2.85 bits per heavy atom. The second kappa shape index (κ2) is 5.48. The predicted octanol–water partition coefficient (Wildman–Crippen LogP) is 2.43. The number of nitrogens with zero attached hydrogens (tertiary/aromatic N) is 1. The van der Waals surface area contributed by atoms with Gasteiger partial charge in [0.25, 0.3) is 0 Å². The summed E-state index contributed by atoms with van der Waals surface area (Å²) >= 11 is 0. The van der Waals surface area contributed by atoms with Crippen LogP contribution in [-0.4, -0.2) is 30.3 Å². The molecular formula is C15H23N3O2. The number of hydrogen-bond donors (Lipinski definition) is 2. The molecule has 0 spiro atoms. The van der Waals surface area contributed by atoms with E-state index in [0.717, 1.165) is 38.5 Å². The number of nitrogens with two attached hydrogens (primary N) is 1. The maximum absolute atomic E-state index is 5.93. The zero-order valence-corrected chi connectivity index (χ0v) is 12.0. The first-order chi connectivity index (χ1) is 9.65. The quantitative estimate of drug-likeness (QED) is 0.865. The molecule has 0 unspecified atom stereocenters. The number of pyridine rings is 1. The smallest absolute Gasteiger partial charge is 0.239 e. The van der Waals surface area contributed by atoms with Crippen molar-refractivity contribution in [1.82, 2.24) is 4.98 Å². The molecule has 1 aromatic rings. The van der Waals surface area contributed by atoms with Crippen LogP contribution < -0.4 is 15.8 Å². The third-order valence-electron chi connectivity index (χ3n) is 4.07. The van der Waals surface area contributed by atoms with Crippen LogP contribution in [0.5, 0.6) is 5.88 Å². The molecule has 2 aliphatic rings. The van der Waals surface area contributed by atoms with Crippen LogP contribution in [0.2, 0.25) is 0 Å². The molecule has 0 amide bonds. The van der Waals surface area contributed by atoms with Crippen LogP contribution in [0.15, 0.2) is 12.1 Å². The fourth-order valence-corrected chi connectivity index (χ4v) is 2.37. The number of rotatable bonds is 5. The molecule has 1 aliphatic carbocycles. The number of ether oxygens (including phenoxy) is 2. The van der Waals surface area contributed by atoms with Gasteiger partial charge in [0.1, 0.15) is 5.82 Å². The molecule has 1 saturated carbocycles. The van der Waals surface area contributed by atoms with E-state index >= 15 is 0 Å². The van der Waals surface area contributed by atoms with Crippen molar-refractivity contribution in [3.05, 3.63) is 12.1 Å². The van der Waals surface area contributed by atoms with Gasteiger partial charge in [0.2, 0.25) is 5.88 Å². The summed E-state index contributed by atoms with van der Waals surface area (Å²) in [6, 6.07) is 3.78. The summed E-state index contributed by atoms with van der Waals surface area (Å²) in [7, 11) is 0. The normalized spacial score (nSPS) is 21.4. The molecule has 0 bridgehead atoms. The molecule has 5 nitrogen and oxygen atoms in total. The maximum Gasteiger partial charge on any atom is 0.239 e. The van der Waals surface area contributed by atoms with Gasteiger partial charge in [-0.05, 0) is 50.7 Å². The van der Waals surface area contributed by atoms with Crippen LogP contribution in [0.1, 0.15) is 32.6 Å². The second-order valence-electron chi connectivity index (χ2n) is 6.14. The van der Waals surface area contributed by atoms with Gasteiger partial charge in [-0.15, -0.1) is 0 Å². The SMILES string of the molecule is CC1(Nc2ccc(N)c(OCC3CC3)n2)CCOCC1. The molecule has 1 aromatic heterocycles. The van der Waals surface area contributed by atoms with E-state index in [1.165, 1.54) is 12.8 Å². The molecule has 1 saturated heterocycles. The fourth-order valence-electron chi connectivity index (χ4n) is 2.37. The highest BCUT2D eigenvalue weighted by Crippen LogP contribution is 2.31. The van der Waals surface area contributed by atoms with E-state index in [-0.39, 0.29) is 5.54 Å². The Bertz CT molecular complexity index is 468. The topological polar surface area (TPSA) is 69.4 Å². The Kier molecular flexibility index (Phi) is 3.70. The van der Waals surface area contributed by atoms with Crippen molar-refractivity contribution in [3.8, 4) is 5.88 Å². The van der Waals surface area contributed by atoms with Crippen molar-refractivity contribution in [1.29, 1.82) is 0 Å². The van der Waals surface area contributed by atoms with E-state index in [4.69, 9.17) is 15.2 Å². The average Bonchev–Trinajstić information content (AvgIpc) is 3.24. The number of nitrogen functional groups attached to an aromatic ring is 1. The molecule has 1 aliphatic heterocycles. The highest BCUT2D eigenvalue weighted by atomic mass is 16.5. The van der Waals surface area contributed by atoms with Gasteiger partial charge in [-0.25, -0.2) is 0 Å². The molecule has 20 heavy (non-hydrogen) atoms. The summed E-state index contributed by atoms with van der Waals surface area (Å²) in [5.41, 5.74) is 6.57. The zero-order chi connectivity index (χ0) is 14.0. The first kappa shape index (κ1) is 13.5. The van der Waals surface area contributed by atoms with Crippen LogP contribution >= 0.6 is 0 Å². The maximum atomic E-state index is 5.93. The molecule has 5 heteroatoms. The minimum Gasteiger partial charge on any atom is -0.476 e. The molecule has 0 atom stereocenters. The van der Waals surface area contributed by atoms with Gasteiger partial charge in [-0.1, -0.05) is 0 Å². The lowest BCUT2D eigenvalue weighted by Crippen LogP contribution is -2.40. The van der Waals surface area contributed by atoms with Crippen LogP contribution in [-0.2, 0) is 4.74 Å². The Morgan fingerprint density at radius 2 is 2.15 bits per heavy atom. The van der Waals surface area contributed by atoms with Crippen LogP contribution in [0, 0.1) is 5.92 Å². The van der Waals surface area contributed by atoms with E-state index in [2.05, 4.69) is 17.2 Å². The average molecular weight is 277 g/mol. The van der Waals surface area contributed by atoms with Crippen molar-refractivity contribution >= 4 is 11.5 Å². The summed E-state index contributed by atoms with van der Waals surface area (Å²) in [6.07, 6.45) is 4.49. The van der Waals surface area contributed by atoms with Crippen LogP contribution in [0.25, 0.3) is 0 Å². The van der Waals surface area contributed by atoms with Gasteiger partial charge >= 0.3 is 0 Å². The first-order valence-corrected chi connectivity index (χ1v) is 7.40. The Balaban J connectivity index is 1.67. The lowest BCUT2D eigenvalue weighted by molar-refractivity contribution is 0.0657. The van der Waals surface area contributed by atoms with Crippen LogP contribution in [0.4, 0.5) is 11.5 Å². The van der Waals surface area contributed by atoms with Crippen molar-refractivity contribution in [2.24, 2.45) is 5.92 Å². The van der Waals surface area contributed by atoms with Gasteiger partial charge in [0.05, 0.1) is 12.3 Å². The molecule has 2 heterocycles. The lowest BCUT2D eigenvalue weighted by Gasteiger charge is -2.35. The van der Waals surface area contributed by atoms with E-state index in [1.54, 1.807) is 0 Å². The predicted molar refractivity (Wildman–Crippen MR) is 78.9 cm³/mol. The Hall–Kier alpha value is -1.49. The Labute approximate surface area is 119 Å². The first-order valence-electron chi connectivity index (χ1n) is 7.40. The van der Waals surface area contributed by atoms with Gasteiger partial charge in [0, 0.05) is 18.8 Å². The highest BCUT2D eigenvalue weighted by Gasteiger charge is 2.28. The molecule has 2 fully saturated rings. The zero-order valence-electron chi connectivity index (χ0n) is 12.0. The van der Waals surface area contributed by atoms with Gasteiger partial charge in [-0.2, -0.15) is 4.98 Å². The molecule has 0 aromatic carbocycles. The third-order valence-corrected chi connectivity index (χ3v) is 4.07. The van der Waals surface area contributed by atoms with Gasteiger partial charge in [-0.3, -0.25) is 0 Å². The minimum atomic E-state index is 0.0368. The van der Waals surface area contributed by atoms with Crippen molar-refractivity contribution in [3.63, 3.8) is 0 Å². The van der Waals surface area contributed by atoms with E-state index in [1.807, 2.05) is 12.1 Å². The molecular weight excluding hydrogens is 254 g/mol. The fraction of sp³-hybridized carbons (Fsp3) is 0.667. The number of hydrogen-bond acceptors (Lipinski definition) is 5. The summed E-state index contributed by atoms with van der Waals surface area (Å²) in [5, 5.41) is 3.50. The molecule has 0 radical (unpaired) electrons. The van der Waals surface area contributed by atoms with Crippen molar-refractivity contribution in [2.45, 2.75) is 38.1 Å². The standard InChI is InChI=1S/C15H23N3O2/c1-15(6-8-19-9-7-15)18-13-5-4-12(16)14(17-13)20-10-11-2-3-11/h4-5,11H,2-3,6-10,16H2,1H3,(H,17,18). The monoisotopic (exact) mass is 277 g/mol. The largest absolute Gasteiger partial charge is 0.476 e. The number of anilines is 2. The van der Waals surface area contributed by atoms with Crippen LogP contribution in [0.3, 0.4) is 0 Å². The van der Waals surface area contributed by atoms with Gasteiger partial charge < -0.3 is 20.5 Å². The van der Waals surface area contributed by atoms with Gasteiger partial charge in [0.15, 0.2) is 0 Å². The summed E-state index contributed by atoms with van der Waals surface area (Å²) in [6.45, 7) is 4.52. The van der Waals surface area contributed by atoms with Crippen molar-refractivity contribution in [2.75, 3.05) is 30.9 Å². The number of nitrogens with one attached hydrogen (secondary N) is 1. The van der Waals surface area contributed by atoms with E-state index < -0.39 is 0 Å². The summed E-state index contributed by atoms with van der Waals surface area (Å²) in [5.74, 6) is 2.08. The third kappa shape index (κ3) is 3.33. The summed E-state index contributed by atoms with van der Waals surface area (Å²) < 4.78 is 11.1. The second-order valence-corrected chi connectivity index (χ2v) is 6.14. The molecule has 3 N–H and O–H groups in total. The van der Waals surface area contributed by atoms with Crippen molar-refractivity contribution < 1.29 is 9.47 Å². The number of aromatic nitrogens is 1. The molecule has 3 rings (SSSR count).